The van der Waals surface area contributed by atoms with Gasteiger partial charge < -0.3 is 5.11 Å². The van der Waals surface area contributed by atoms with Gasteiger partial charge in [-0.15, -0.1) is 23.5 Å². The molecule has 0 fully saturated rings. The van der Waals surface area contributed by atoms with E-state index in [1.807, 2.05) is 0 Å². The Morgan fingerprint density at radius 1 is 0.577 bits per heavy atom. The smallest absolute Gasteiger partial charge is 0.0727 e. The van der Waals surface area contributed by atoms with Crippen molar-refractivity contribution in [2.45, 2.75) is 15.9 Å². The minimum atomic E-state index is -0.345. The molecular weight excluding hydrogens is 356 g/mol. The molecule has 0 saturated carbocycles. The van der Waals surface area contributed by atoms with Crippen molar-refractivity contribution in [2.75, 3.05) is 11.5 Å². The number of aliphatic hydroxyl groups excluding tert-OH is 1. The molecule has 26 heavy (non-hydrogen) atoms. The molecule has 3 heteroatoms. The van der Waals surface area contributed by atoms with Gasteiger partial charge >= 0.3 is 0 Å². The van der Waals surface area contributed by atoms with E-state index in [0.717, 1.165) is 0 Å². The predicted molar refractivity (Wildman–Crippen MR) is 115 cm³/mol. The van der Waals surface area contributed by atoms with Crippen LogP contribution in [0.25, 0.3) is 21.5 Å². The van der Waals surface area contributed by atoms with Gasteiger partial charge in [-0.2, -0.15) is 0 Å². The summed E-state index contributed by atoms with van der Waals surface area (Å²) < 4.78 is 0. The summed E-state index contributed by atoms with van der Waals surface area (Å²) in [6.45, 7) is 0. The predicted octanol–water partition coefficient (Wildman–Crippen LogP) is 6.24. The molecule has 0 saturated heterocycles. The lowest BCUT2D eigenvalue weighted by molar-refractivity contribution is 0.225. The van der Waals surface area contributed by atoms with Crippen molar-refractivity contribution in [1.82, 2.24) is 0 Å². The van der Waals surface area contributed by atoms with E-state index >= 15 is 0 Å². The molecule has 130 valence electrons. The van der Waals surface area contributed by atoms with E-state index in [1.54, 1.807) is 23.5 Å². The summed E-state index contributed by atoms with van der Waals surface area (Å²) in [5.74, 6) is 1.40. The molecule has 0 aliphatic rings. The Kier molecular flexibility index (Phi) is 5.49. The standard InChI is InChI=1S/C23H20OS2/c24-19(15-25-22-13-5-9-17-7-1-3-11-20(17)22)16-26-23-14-6-10-18-8-2-4-12-21(18)23/h1-14,19,24H,15-16H2. The molecule has 4 rings (SSSR count). The van der Waals surface area contributed by atoms with Crippen LogP contribution in [0.5, 0.6) is 0 Å². The summed E-state index contributed by atoms with van der Waals surface area (Å²) in [4.78, 5) is 2.47. The summed E-state index contributed by atoms with van der Waals surface area (Å²) in [6.07, 6.45) is -0.345. The van der Waals surface area contributed by atoms with Crippen molar-refractivity contribution in [2.24, 2.45) is 0 Å². The van der Waals surface area contributed by atoms with E-state index in [4.69, 9.17) is 0 Å². The van der Waals surface area contributed by atoms with E-state index < -0.39 is 0 Å². The van der Waals surface area contributed by atoms with Gasteiger partial charge in [-0.25, -0.2) is 0 Å². The second-order valence-corrected chi connectivity index (χ2v) is 8.35. The normalized spacial score (nSPS) is 11.5. The SMILES string of the molecule is OC(CSc1cccc2ccccc12)CSc1cccc2ccccc12. The number of aliphatic hydroxyl groups is 1. The van der Waals surface area contributed by atoms with E-state index in [9.17, 15) is 5.11 Å². The maximum absolute atomic E-state index is 10.5. The molecule has 0 spiro atoms. The summed E-state index contributed by atoms with van der Waals surface area (Å²) in [6, 6.07) is 29.5. The Morgan fingerprint density at radius 3 is 1.50 bits per heavy atom. The average molecular weight is 377 g/mol. The first-order valence-electron chi connectivity index (χ1n) is 8.70. The van der Waals surface area contributed by atoms with Gasteiger partial charge in [0, 0.05) is 21.3 Å². The van der Waals surface area contributed by atoms with Gasteiger partial charge in [-0.1, -0.05) is 72.8 Å². The second kappa shape index (κ2) is 8.17. The fraction of sp³-hybridized carbons (Fsp3) is 0.130. The molecule has 1 N–H and O–H groups in total. The van der Waals surface area contributed by atoms with Crippen LogP contribution in [0.3, 0.4) is 0 Å². The summed E-state index contributed by atoms with van der Waals surface area (Å²) in [5.41, 5.74) is 0. The van der Waals surface area contributed by atoms with E-state index in [-0.39, 0.29) is 6.10 Å². The molecular formula is C23H20OS2. The number of thioether (sulfide) groups is 2. The van der Waals surface area contributed by atoms with Crippen LogP contribution in [0.2, 0.25) is 0 Å². The third-order valence-corrected chi connectivity index (χ3v) is 6.80. The van der Waals surface area contributed by atoms with Gasteiger partial charge in [0.05, 0.1) is 6.10 Å². The molecule has 0 amide bonds. The molecule has 0 heterocycles. The molecule has 0 bridgehead atoms. The third kappa shape index (κ3) is 3.90. The maximum Gasteiger partial charge on any atom is 0.0727 e. The molecule has 1 nitrogen and oxygen atoms in total. The highest BCUT2D eigenvalue weighted by molar-refractivity contribution is 8.00. The maximum atomic E-state index is 10.5. The monoisotopic (exact) mass is 376 g/mol. The van der Waals surface area contributed by atoms with Crippen LogP contribution in [-0.4, -0.2) is 22.7 Å². The highest BCUT2D eigenvalue weighted by Gasteiger charge is 2.09. The first-order chi connectivity index (χ1) is 12.8. The zero-order chi connectivity index (χ0) is 17.8. The quantitative estimate of drug-likeness (QED) is 0.402. The molecule has 0 aromatic heterocycles. The van der Waals surface area contributed by atoms with E-state index in [0.29, 0.717) is 11.5 Å². The van der Waals surface area contributed by atoms with Gasteiger partial charge in [0.15, 0.2) is 0 Å². The van der Waals surface area contributed by atoms with E-state index in [2.05, 4.69) is 84.9 Å². The van der Waals surface area contributed by atoms with Crippen LogP contribution in [0, 0.1) is 0 Å². The summed E-state index contributed by atoms with van der Waals surface area (Å²) in [5, 5.41) is 15.5. The van der Waals surface area contributed by atoms with Crippen LogP contribution in [0.15, 0.2) is 94.7 Å². The molecule has 0 aliphatic carbocycles. The van der Waals surface area contributed by atoms with E-state index in [1.165, 1.54) is 31.3 Å². The third-order valence-electron chi connectivity index (χ3n) is 4.36. The van der Waals surface area contributed by atoms with Crippen LogP contribution < -0.4 is 0 Å². The lowest BCUT2D eigenvalue weighted by atomic mass is 10.1. The van der Waals surface area contributed by atoms with Crippen molar-refractivity contribution in [3.05, 3.63) is 84.9 Å². The fourth-order valence-electron chi connectivity index (χ4n) is 3.06. The second-order valence-electron chi connectivity index (χ2n) is 6.23. The largest absolute Gasteiger partial charge is 0.391 e. The van der Waals surface area contributed by atoms with Crippen molar-refractivity contribution in [3.8, 4) is 0 Å². The number of benzene rings is 4. The lowest BCUT2D eigenvalue weighted by Crippen LogP contribution is -2.12. The molecule has 0 atom stereocenters. The minimum absolute atomic E-state index is 0.345. The van der Waals surface area contributed by atoms with Gasteiger partial charge in [-0.3, -0.25) is 0 Å². The summed E-state index contributed by atoms with van der Waals surface area (Å²) >= 11 is 3.47. The average Bonchev–Trinajstić information content (AvgIpc) is 2.70. The van der Waals surface area contributed by atoms with Gasteiger partial charge in [0.25, 0.3) is 0 Å². The Hall–Kier alpha value is -1.94. The molecule has 4 aromatic carbocycles. The Balaban J connectivity index is 1.40. The Labute approximate surface area is 162 Å². The Morgan fingerprint density at radius 2 is 1.00 bits per heavy atom. The van der Waals surface area contributed by atoms with Crippen LogP contribution in [-0.2, 0) is 0 Å². The van der Waals surface area contributed by atoms with Crippen molar-refractivity contribution in [1.29, 1.82) is 0 Å². The first kappa shape index (κ1) is 17.5. The minimum Gasteiger partial charge on any atom is -0.391 e. The molecule has 0 aliphatic heterocycles. The van der Waals surface area contributed by atoms with Gasteiger partial charge in [-0.05, 0) is 33.7 Å². The van der Waals surface area contributed by atoms with Crippen molar-refractivity contribution in [3.63, 3.8) is 0 Å². The zero-order valence-electron chi connectivity index (χ0n) is 14.3. The topological polar surface area (TPSA) is 20.2 Å². The van der Waals surface area contributed by atoms with Crippen LogP contribution >= 0.6 is 23.5 Å². The summed E-state index contributed by atoms with van der Waals surface area (Å²) in [7, 11) is 0. The van der Waals surface area contributed by atoms with Gasteiger partial charge in [0.1, 0.15) is 0 Å². The van der Waals surface area contributed by atoms with Crippen molar-refractivity contribution >= 4 is 45.1 Å². The Bertz CT molecular complexity index is 935. The van der Waals surface area contributed by atoms with Gasteiger partial charge in [0.2, 0.25) is 0 Å². The van der Waals surface area contributed by atoms with Crippen molar-refractivity contribution < 1.29 is 5.11 Å². The number of fused-ring (bicyclic) bond motifs is 2. The highest BCUT2D eigenvalue weighted by Crippen LogP contribution is 2.31. The number of hydrogen-bond acceptors (Lipinski definition) is 3. The number of rotatable bonds is 6. The molecule has 4 aromatic rings. The highest BCUT2D eigenvalue weighted by atomic mass is 32.2. The van der Waals surface area contributed by atoms with Crippen LogP contribution in [0.1, 0.15) is 0 Å². The fourth-order valence-corrected chi connectivity index (χ4v) is 5.22. The molecule has 0 radical (unpaired) electrons. The molecule has 0 unspecified atom stereocenters. The first-order valence-corrected chi connectivity index (χ1v) is 10.7. The zero-order valence-corrected chi connectivity index (χ0v) is 16.0. The lowest BCUT2D eigenvalue weighted by Gasteiger charge is -2.12. The van der Waals surface area contributed by atoms with Crippen LogP contribution in [0.4, 0.5) is 0 Å². The number of hydrogen-bond donors (Lipinski definition) is 1.